The smallest absolute Gasteiger partial charge is 0.330 e. The number of carbonyl (C=O) groups excluding carboxylic acids is 1. The number of H-pyrrole nitrogens is 1. The highest BCUT2D eigenvalue weighted by Gasteiger charge is 2.48. The summed E-state index contributed by atoms with van der Waals surface area (Å²) in [6.45, 7) is -0.171. The molecule has 47 heavy (non-hydrogen) atoms. The Morgan fingerprint density at radius 1 is 0.894 bits per heavy atom. The highest BCUT2D eigenvalue weighted by molar-refractivity contribution is 5.75. The van der Waals surface area contributed by atoms with Crippen molar-refractivity contribution in [2.45, 2.75) is 36.6 Å². The zero-order valence-electron chi connectivity index (χ0n) is 26.7. The van der Waals surface area contributed by atoms with E-state index in [0.717, 1.165) is 21.3 Å². The molecule has 0 radical (unpaired) electrons. The number of aliphatic hydroxyl groups excluding tert-OH is 1. The number of hydrogen-bond acceptors (Lipinski definition) is 9. The lowest BCUT2D eigenvalue weighted by atomic mass is 9.80. The molecule has 0 bridgehead atoms. The highest BCUT2D eigenvalue weighted by Crippen LogP contribution is 2.43. The van der Waals surface area contributed by atoms with Gasteiger partial charge < -0.3 is 33.7 Å². The lowest BCUT2D eigenvalue weighted by Gasteiger charge is -2.37. The molecule has 5 rings (SSSR count). The van der Waals surface area contributed by atoms with E-state index in [4.69, 9.17) is 23.7 Å². The molecule has 1 amide bonds. The molecule has 1 aliphatic heterocycles. The number of aliphatic hydroxyl groups is 1. The first-order chi connectivity index (χ1) is 22.7. The molecule has 1 aromatic heterocycles. The molecule has 2 heterocycles. The van der Waals surface area contributed by atoms with Crippen LogP contribution in [-0.2, 0) is 24.6 Å². The summed E-state index contributed by atoms with van der Waals surface area (Å²) in [6, 6.07) is 25.9. The molecule has 0 aliphatic carbocycles. The number of ether oxygens (including phenoxy) is 5. The van der Waals surface area contributed by atoms with Crippen molar-refractivity contribution in [3.63, 3.8) is 0 Å². The van der Waals surface area contributed by atoms with Gasteiger partial charge in [0.1, 0.15) is 35.4 Å². The van der Waals surface area contributed by atoms with Crippen LogP contribution in [0.25, 0.3) is 0 Å². The Morgan fingerprint density at radius 3 is 2.00 bits per heavy atom. The second-order valence-electron chi connectivity index (χ2n) is 11.3. The van der Waals surface area contributed by atoms with E-state index in [1.165, 1.54) is 17.2 Å². The Balaban J connectivity index is 1.53. The van der Waals surface area contributed by atoms with Crippen molar-refractivity contribution in [1.82, 2.24) is 14.5 Å². The minimum absolute atomic E-state index is 0.0318. The summed E-state index contributed by atoms with van der Waals surface area (Å²) in [4.78, 5) is 40.5. The number of amides is 1. The maximum Gasteiger partial charge on any atom is 0.330 e. The third-order valence-electron chi connectivity index (χ3n) is 8.20. The van der Waals surface area contributed by atoms with Crippen molar-refractivity contribution < 1.29 is 33.6 Å². The third kappa shape index (κ3) is 7.15. The van der Waals surface area contributed by atoms with E-state index in [9.17, 15) is 19.5 Å². The van der Waals surface area contributed by atoms with Crippen molar-refractivity contribution in [3.05, 3.63) is 129 Å². The largest absolute Gasteiger partial charge is 0.497 e. The summed E-state index contributed by atoms with van der Waals surface area (Å²) in [5.74, 6) is 1.17. The topological polar surface area (TPSA) is 142 Å². The Morgan fingerprint density at radius 2 is 1.47 bits per heavy atom. The predicted octanol–water partition coefficient (Wildman–Crippen LogP) is 2.68. The van der Waals surface area contributed by atoms with Crippen LogP contribution in [0.3, 0.4) is 0 Å². The van der Waals surface area contributed by atoms with E-state index in [-0.39, 0.29) is 25.5 Å². The minimum atomic E-state index is -1.27. The van der Waals surface area contributed by atoms with Crippen molar-refractivity contribution in [3.8, 4) is 11.5 Å². The zero-order valence-corrected chi connectivity index (χ0v) is 26.7. The number of aromatic nitrogens is 2. The van der Waals surface area contributed by atoms with Gasteiger partial charge in [-0.25, -0.2) is 4.79 Å². The normalized spacial score (nSPS) is 19.3. The van der Waals surface area contributed by atoms with E-state index in [2.05, 4.69) is 4.98 Å². The molecular weight excluding hydrogens is 606 g/mol. The average Bonchev–Trinajstić information content (AvgIpc) is 3.40. The molecule has 12 heteroatoms. The van der Waals surface area contributed by atoms with Crippen molar-refractivity contribution in [2.24, 2.45) is 0 Å². The number of benzene rings is 3. The van der Waals surface area contributed by atoms with Crippen LogP contribution < -0.4 is 20.7 Å². The van der Waals surface area contributed by atoms with Gasteiger partial charge in [-0.05, 0) is 41.0 Å². The molecule has 4 atom stereocenters. The number of nitrogens with one attached hydrogen (secondary N) is 1. The number of aromatic amines is 1. The number of carbonyl (C=O) groups is 1. The predicted molar refractivity (Wildman–Crippen MR) is 173 cm³/mol. The van der Waals surface area contributed by atoms with Gasteiger partial charge in [-0.1, -0.05) is 54.6 Å². The summed E-state index contributed by atoms with van der Waals surface area (Å²) >= 11 is 0. The molecule has 1 aliphatic rings. The molecule has 0 saturated carbocycles. The summed E-state index contributed by atoms with van der Waals surface area (Å²) in [7, 11) is 6.46. The molecule has 248 valence electrons. The van der Waals surface area contributed by atoms with Gasteiger partial charge in [0.25, 0.3) is 5.56 Å². The zero-order chi connectivity index (χ0) is 33.6. The molecule has 12 nitrogen and oxygen atoms in total. The van der Waals surface area contributed by atoms with Crippen molar-refractivity contribution in [1.29, 1.82) is 0 Å². The second-order valence-corrected chi connectivity index (χ2v) is 11.3. The van der Waals surface area contributed by atoms with Gasteiger partial charge in [-0.3, -0.25) is 19.1 Å². The van der Waals surface area contributed by atoms with E-state index >= 15 is 0 Å². The fraction of sp³-hybridized carbons (Fsp3) is 0.343. The maximum absolute atomic E-state index is 12.8. The monoisotopic (exact) mass is 645 g/mol. The molecule has 2 N–H and O–H groups in total. The average molecular weight is 646 g/mol. The molecular formula is C35H39N3O9. The van der Waals surface area contributed by atoms with Gasteiger partial charge in [0.15, 0.2) is 6.23 Å². The molecule has 0 spiro atoms. The number of nitrogens with zero attached hydrogens (tertiary/aromatic N) is 2. The van der Waals surface area contributed by atoms with Gasteiger partial charge in [0.2, 0.25) is 5.91 Å². The quantitative estimate of drug-likeness (QED) is 0.210. The Labute approximate surface area is 272 Å². The molecule has 3 aromatic carbocycles. The molecule has 1 fully saturated rings. The summed E-state index contributed by atoms with van der Waals surface area (Å²) in [6.07, 6.45) is -3.09. The van der Waals surface area contributed by atoms with Crippen molar-refractivity contribution >= 4 is 5.91 Å². The Kier molecular flexibility index (Phi) is 10.6. The van der Waals surface area contributed by atoms with Gasteiger partial charge in [0, 0.05) is 26.4 Å². The fourth-order valence-electron chi connectivity index (χ4n) is 5.67. The minimum Gasteiger partial charge on any atom is -0.497 e. The van der Waals surface area contributed by atoms with Gasteiger partial charge in [-0.2, -0.15) is 0 Å². The van der Waals surface area contributed by atoms with Crippen LogP contribution in [0.2, 0.25) is 0 Å². The van der Waals surface area contributed by atoms with E-state index < -0.39 is 41.4 Å². The Hall–Kier alpha value is -4.75. The summed E-state index contributed by atoms with van der Waals surface area (Å²) in [5, 5.41) is 11.6. The molecule has 4 aromatic rings. The van der Waals surface area contributed by atoms with E-state index in [0.29, 0.717) is 11.5 Å². The number of hydrogen-bond donors (Lipinski definition) is 2. The molecule has 0 unspecified atom stereocenters. The van der Waals surface area contributed by atoms with Crippen LogP contribution in [0.1, 0.15) is 29.3 Å². The summed E-state index contributed by atoms with van der Waals surface area (Å²) < 4.78 is 31.2. The summed E-state index contributed by atoms with van der Waals surface area (Å²) in [5.41, 5.74) is -0.124. The maximum atomic E-state index is 12.8. The Bertz CT molecular complexity index is 1690. The van der Waals surface area contributed by atoms with E-state index in [1.807, 2.05) is 78.9 Å². The van der Waals surface area contributed by atoms with Crippen molar-refractivity contribution in [2.75, 3.05) is 41.5 Å². The standard InChI is InChI=1S/C35H39N3O9/c1-37(2)30(40)19-21-45-32-31(41)28(47-33(32)38-20-18-29(39)36-34(38)42)22-46-35(23-8-6-5-7-9-23,24-10-14-26(43-3)15-11-24)25-12-16-27(44-4)17-13-25/h5-18,20,28,31-33,41H,19,21-22H2,1-4H3,(H,36,39,42)/t28-,31-,32-,33-/m1/s1. The van der Waals surface area contributed by atoms with Gasteiger partial charge >= 0.3 is 5.69 Å². The van der Waals surface area contributed by atoms with Crippen LogP contribution in [0, 0.1) is 0 Å². The third-order valence-corrected chi connectivity index (χ3v) is 8.20. The first-order valence-electron chi connectivity index (χ1n) is 15.1. The van der Waals surface area contributed by atoms with Gasteiger partial charge in [-0.15, -0.1) is 0 Å². The highest BCUT2D eigenvalue weighted by atomic mass is 16.6. The molecule has 1 saturated heterocycles. The van der Waals surface area contributed by atoms with Crippen LogP contribution in [0.4, 0.5) is 0 Å². The first kappa shape index (κ1) is 33.6. The van der Waals surface area contributed by atoms with Crippen LogP contribution >= 0.6 is 0 Å². The lowest BCUT2D eigenvalue weighted by molar-refractivity contribution is -0.132. The fourth-order valence-corrected chi connectivity index (χ4v) is 5.67. The van der Waals surface area contributed by atoms with Crippen LogP contribution in [0.15, 0.2) is 101 Å². The lowest BCUT2D eigenvalue weighted by Crippen LogP contribution is -2.41. The van der Waals surface area contributed by atoms with Gasteiger partial charge in [0.05, 0.1) is 33.9 Å². The number of methoxy groups -OCH3 is 2. The second kappa shape index (κ2) is 14.8. The first-order valence-corrected chi connectivity index (χ1v) is 15.1. The van der Waals surface area contributed by atoms with Crippen LogP contribution in [0.5, 0.6) is 11.5 Å². The number of rotatable bonds is 13. The van der Waals surface area contributed by atoms with E-state index in [1.54, 1.807) is 28.3 Å². The SMILES string of the molecule is COc1ccc(C(OC[C@H]2O[C@@H](n3ccc(=O)[nH]c3=O)[C@H](OCCC(=O)N(C)C)[C@@H]2O)(c2ccccc2)c2ccc(OC)cc2)cc1. The van der Waals surface area contributed by atoms with Crippen LogP contribution in [-0.4, -0.2) is 85.3 Å².